The van der Waals surface area contributed by atoms with Crippen LogP contribution in [-0.4, -0.2) is 0 Å². The maximum atomic E-state index is 6.65. The molecule has 1 heterocycles. The van der Waals surface area contributed by atoms with Gasteiger partial charge in [0.1, 0.15) is 11.2 Å². The lowest BCUT2D eigenvalue weighted by Crippen LogP contribution is -1.84. The van der Waals surface area contributed by atoms with Gasteiger partial charge >= 0.3 is 0 Å². The highest BCUT2D eigenvalue weighted by atomic mass is 35.5. The van der Waals surface area contributed by atoms with Crippen molar-refractivity contribution in [3.8, 4) is 22.3 Å². The van der Waals surface area contributed by atoms with Crippen LogP contribution in [0.3, 0.4) is 0 Å². The maximum Gasteiger partial charge on any atom is 0.136 e. The lowest BCUT2D eigenvalue weighted by molar-refractivity contribution is 0.669. The van der Waals surface area contributed by atoms with Gasteiger partial charge in [-0.05, 0) is 41.0 Å². The Hall–Kier alpha value is -3.03. The SMILES string of the molecule is Clc1ccc2oc3ccccc3c2c1-c1cccc(-c2ccccc2)c1. The van der Waals surface area contributed by atoms with Crippen molar-refractivity contribution in [2.75, 3.05) is 0 Å². The van der Waals surface area contributed by atoms with Crippen LogP contribution in [-0.2, 0) is 0 Å². The van der Waals surface area contributed by atoms with E-state index in [1.807, 2.05) is 36.4 Å². The second-order valence-electron chi connectivity index (χ2n) is 6.34. The molecule has 0 fully saturated rings. The molecule has 0 aliphatic carbocycles. The summed E-state index contributed by atoms with van der Waals surface area (Å²) in [5.41, 5.74) is 6.21. The monoisotopic (exact) mass is 354 g/mol. The van der Waals surface area contributed by atoms with Gasteiger partial charge in [-0.3, -0.25) is 0 Å². The highest BCUT2D eigenvalue weighted by Crippen LogP contribution is 2.41. The minimum atomic E-state index is 0.731. The van der Waals surface area contributed by atoms with Crippen molar-refractivity contribution >= 4 is 33.5 Å². The first-order chi connectivity index (χ1) is 12.8. The van der Waals surface area contributed by atoms with E-state index in [2.05, 4.69) is 54.6 Å². The number of fused-ring (bicyclic) bond motifs is 3. The van der Waals surface area contributed by atoms with Crippen LogP contribution in [0.4, 0.5) is 0 Å². The molecule has 5 aromatic rings. The van der Waals surface area contributed by atoms with E-state index in [9.17, 15) is 0 Å². The van der Waals surface area contributed by atoms with Gasteiger partial charge in [-0.25, -0.2) is 0 Å². The summed E-state index contributed by atoms with van der Waals surface area (Å²) in [6.07, 6.45) is 0. The Balaban J connectivity index is 1.81. The van der Waals surface area contributed by atoms with Crippen molar-refractivity contribution in [1.82, 2.24) is 0 Å². The predicted molar refractivity (Wildman–Crippen MR) is 110 cm³/mol. The molecule has 0 aliphatic heterocycles. The van der Waals surface area contributed by atoms with E-state index in [1.165, 1.54) is 11.1 Å². The molecule has 26 heavy (non-hydrogen) atoms. The largest absolute Gasteiger partial charge is 0.456 e. The highest BCUT2D eigenvalue weighted by Gasteiger charge is 2.15. The molecule has 0 atom stereocenters. The van der Waals surface area contributed by atoms with Crippen molar-refractivity contribution in [2.24, 2.45) is 0 Å². The van der Waals surface area contributed by atoms with Gasteiger partial charge in [0.25, 0.3) is 0 Å². The summed E-state index contributed by atoms with van der Waals surface area (Å²) in [7, 11) is 0. The number of benzene rings is 4. The quantitative estimate of drug-likeness (QED) is 0.318. The zero-order valence-corrected chi connectivity index (χ0v) is 14.7. The summed E-state index contributed by atoms with van der Waals surface area (Å²) in [5.74, 6) is 0. The molecule has 124 valence electrons. The number of hydrogen-bond donors (Lipinski definition) is 0. The van der Waals surface area contributed by atoms with Crippen LogP contribution in [0.1, 0.15) is 0 Å². The molecule has 0 radical (unpaired) electrons. The average molecular weight is 355 g/mol. The minimum absolute atomic E-state index is 0.731. The molecule has 0 spiro atoms. The third-order valence-electron chi connectivity index (χ3n) is 4.75. The summed E-state index contributed by atoms with van der Waals surface area (Å²) >= 11 is 6.65. The predicted octanol–water partition coefficient (Wildman–Crippen LogP) is 7.57. The van der Waals surface area contributed by atoms with E-state index in [0.717, 1.165) is 38.1 Å². The van der Waals surface area contributed by atoms with Gasteiger partial charge in [-0.15, -0.1) is 0 Å². The molecule has 0 saturated carbocycles. The van der Waals surface area contributed by atoms with Gasteiger partial charge in [0, 0.05) is 21.4 Å². The van der Waals surface area contributed by atoms with Crippen molar-refractivity contribution in [1.29, 1.82) is 0 Å². The first-order valence-electron chi connectivity index (χ1n) is 8.57. The molecule has 5 rings (SSSR count). The van der Waals surface area contributed by atoms with Gasteiger partial charge in [-0.2, -0.15) is 0 Å². The van der Waals surface area contributed by atoms with Crippen LogP contribution in [0.5, 0.6) is 0 Å². The molecule has 1 aromatic heterocycles. The molecule has 1 nitrogen and oxygen atoms in total. The molecule has 2 heteroatoms. The number of rotatable bonds is 2. The van der Waals surface area contributed by atoms with Crippen molar-refractivity contribution in [2.45, 2.75) is 0 Å². The van der Waals surface area contributed by atoms with Gasteiger partial charge in [-0.1, -0.05) is 78.3 Å². The topological polar surface area (TPSA) is 13.1 Å². The fraction of sp³-hybridized carbons (Fsp3) is 0. The molecule has 0 unspecified atom stereocenters. The Morgan fingerprint density at radius 3 is 2.19 bits per heavy atom. The lowest BCUT2D eigenvalue weighted by Gasteiger charge is -2.09. The zero-order valence-electron chi connectivity index (χ0n) is 13.9. The van der Waals surface area contributed by atoms with E-state index in [0.29, 0.717) is 0 Å². The van der Waals surface area contributed by atoms with Gasteiger partial charge in [0.05, 0.1) is 0 Å². The van der Waals surface area contributed by atoms with Crippen LogP contribution in [0.25, 0.3) is 44.2 Å². The first kappa shape index (κ1) is 15.2. The number of hydrogen-bond acceptors (Lipinski definition) is 1. The Morgan fingerprint density at radius 1 is 0.577 bits per heavy atom. The van der Waals surface area contributed by atoms with Crippen LogP contribution in [0, 0.1) is 0 Å². The van der Waals surface area contributed by atoms with Crippen LogP contribution < -0.4 is 0 Å². The van der Waals surface area contributed by atoms with Crippen LogP contribution in [0.2, 0.25) is 5.02 Å². The van der Waals surface area contributed by atoms with Gasteiger partial charge < -0.3 is 4.42 Å². The number of halogens is 1. The molecular weight excluding hydrogens is 340 g/mol. The molecule has 0 bridgehead atoms. The van der Waals surface area contributed by atoms with E-state index < -0.39 is 0 Å². The van der Waals surface area contributed by atoms with E-state index in [-0.39, 0.29) is 0 Å². The standard InChI is InChI=1S/C24H15ClO/c25-20-13-14-22-24(19-11-4-5-12-21(19)26-22)23(20)18-10-6-9-17(15-18)16-7-2-1-3-8-16/h1-15H. The van der Waals surface area contributed by atoms with Crippen molar-refractivity contribution in [3.05, 3.63) is 96.0 Å². The zero-order chi connectivity index (χ0) is 17.5. The Bertz CT molecular complexity index is 1240. The molecule has 4 aromatic carbocycles. The van der Waals surface area contributed by atoms with E-state index >= 15 is 0 Å². The Labute approximate surface area is 156 Å². The number of furan rings is 1. The third-order valence-corrected chi connectivity index (χ3v) is 5.07. The Kier molecular flexibility index (Phi) is 3.55. The van der Waals surface area contributed by atoms with Gasteiger partial charge in [0.2, 0.25) is 0 Å². The van der Waals surface area contributed by atoms with Crippen molar-refractivity contribution < 1.29 is 4.42 Å². The van der Waals surface area contributed by atoms with Crippen LogP contribution >= 0.6 is 11.6 Å². The summed E-state index contributed by atoms with van der Waals surface area (Å²) in [6, 6.07) is 30.8. The van der Waals surface area contributed by atoms with E-state index in [4.69, 9.17) is 16.0 Å². The number of para-hydroxylation sites is 1. The normalized spacial score (nSPS) is 11.3. The summed E-state index contributed by atoms with van der Waals surface area (Å²) in [6.45, 7) is 0. The fourth-order valence-electron chi connectivity index (χ4n) is 3.56. The molecule has 0 N–H and O–H groups in total. The molecule has 0 amide bonds. The maximum absolute atomic E-state index is 6.65. The molecular formula is C24H15ClO. The highest BCUT2D eigenvalue weighted by molar-refractivity contribution is 6.36. The fourth-order valence-corrected chi connectivity index (χ4v) is 3.82. The van der Waals surface area contributed by atoms with Crippen molar-refractivity contribution in [3.63, 3.8) is 0 Å². The summed E-state index contributed by atoms with van der Waals surface area (Å²) in [5, 5.41) is 2.89. The first-order valence-corrected chi connectivity index (χ1v) is 8.95. The Morgan fingerprint density at radius 2 is 1.31 bits per heavy atom. The molecule has 0 saturated heterocycles. The van der Waals surface area contributed by atoms with Crippen LogP contribution in [0.15, 0.2) is 95.4 Å². The molecule has 0 aliphatic rings. The third kappa shape index (κ3) is 2.40. The summed E-state index contributed by atoms with van der Waals surface area (Å²) < 4.78 is 6.03. The van der Waals surface area contributed by atoms with E-state index in [1.54, 1.807) is 0 Å². The average Bonchev–Trinajstić information content (AvgIpc) is 3.07. The minimum Gasteiger partial charge on any atom is -0.456 e. The second kappa shape index (κ2) is 6.05. The van der Waals surface area contributed by atoms with Gasteiger partial charge in [0.15, 0.2) is 0 Å². The smallest absolute Gasteiger partial charge is 0.136 e. The second-order valence-corrected chi connectivity index (χ2v) is 6.75. The summed E-state index contributed by atoms with van der Waals surface area (Å²) in [4.78, 5) is 0. The lowest BCUT2D eigenvalue weighted by atomic mass is 9.96.